The highest BCUT2D eigenvalue weighted by Crippen LogP contribution is 2.21. The first-order valence-electron chi connectivity index (χ1n) is 4.08. The summed E-state index contributed by atoms with van der Waals surface area (Å²) in [5.41, 5.74) is 2.05. The fourth-order valence-electron chi connectivity index (χ4n) is 1.23. The predicted molar refractivity (Wildman–Crippen MR) is 52.5 cm³/mol. The van der Waals surface area contributed by atoms with Gasteiger partial charge >= 0.3 is 5.97 Å². The van der Waals surface area contributed by atoms with Crippen molar-refractivity contribution in [2.75, 3.05) is 0 Å². The third kappa shape index (κ3) is 2.01. The summed E-state index contributed by atoms with van der Waals surface area (Å²) in [7, 11) is 0. The van der Waals surface area contributed by atoms with Crippen molar-refractivity contribution in [3.05, 3.63) is 33.8 Å². The lowest BCUT2D eigenvalue weighted by atomic mass is 10.0. The maximum absolute atomic E-state index is 10.8. The molecule has 0 heterocycles. The van der Waals surface area contributed by atoms with Gasteiger partial charge in [0.2, 0.25) is 0 Å². The topological polar surface area (TPSA) is 37.3 Å². The van der Waals surface area contributed by atoms with Gasteiger partial charge in [0.05, 0.1) is 5.56 Å². The Hall–Kier alpha value is -1.02. The van der Waals surface area contributed by atoms with Gasteiger partial charge in [0, 0.05) is 5.02 Å². The van der Waals surface area contributed by atoms with Crippen LogP contribution in [0.1, 0.15) is 28.4 Å². The SMILES string of the molecule is CCc1cc(C)c(Cl)cc1C(=O)O. The number of carboxylic acids is 1. The molecular formula is C10H11ClO2. The molecule has 1 aromatic rings. The van der Waals surface area contributed by atoms with E-state index in [1.807, 2.05) is 19.9 Å². The molecule has 13 heavy (non-hydrogen) atoms. The van der Waals surface area contributed by atoms with Crippen molar-refractivity contribution in [1.82, 2.24) is 0 Å². The molecule has 0 aliphatic heterocycles. The predicted octanol–water partition coefficient (Wildman–Crippen LogP) is 2.91. The summed E-state index contributed by atoms with van der Waals surface area (Å²) in [4.78, 5) is 10.8. The molecular weight excluding hydrogens is 188 g/mol. The summed E-state index contributed by atoms with van der Waals surface area (Å²) in [6.45, 7) is 3.79. The molecule has 0 amide bonds. The number of benzene rings is 1. The molecule has 0 atom stereocenters. The molecule has 0 spiro atoms. The lowest BCUT2D eigenvalue weighted by Crippen LogP contribution is -2.02. The molecule has 2 nitrogen and oxygen atoms in total. The molecule has 1 aromatic carbocycles. The number of hydrogen-bond donors (Lipinski definition) is 1. The Bertz CT molecular complexity index is 345. The van der Waals surface area contributed by atoms with E-state index >= 15 is 0 Å². The van der Waals surface area contributed by atoms with E-state index < -0.39 is 5.97 Å². The van der Waals surface area contributed by atoms with Gasteiger partial charge in [0.15, 0.2) is 0 Å². The van der Waals surface area contributed by atoms with Crippen molar-refractivity contribution >= 4 is 17.6 Å². The van der Waals surface area contributed by atoms with E-state index in [-0.39, 0.29) is 0 Å². The summed E-state index contributed by atoms with van der Waals surface area (Å²) in [5, 5.41) is 9.36. The van der Waals surface area contributed by atoms with Crippen LogP contribution in [0.3, 0.4) is 0 Å². The second kappa shape index (κ2) is 3.79. The lowest BCUT2D eigenvalue weighted by molar-refractivity contribution is 0.0696. The first-order chi connectivity index (χ1) is 6.06. The highest BCUT2D eigenvalue weighted by atomic mass is 35.5. The molecule has 70 valence electrons. The van der Waals surface area contributed by atoms with Gasteiger partial charge in [-0.25, -0.2) is 4.79 Å². The molecule has 0 saturated carbocycles. The zero-order valence-corrected chi connectivity index (χ0v) is 8.35. The Balaban J connectivity index is 3.33. The molecule has 0 fully saturated rings. The zero-order chi connectivity index (χ0) is 10.0. The van der Waals surface area contributed by atoms with Gasteiger partial charge in [-0.05, 0) is 30.5 Å². The minimum absolute atomic E-state index is 0.304. The number of halogens is 1. The normalized spacial score (nSPS) is 10.1. The summed E-state index contributed by atoms with van der Waals surface area (Å²) in [5.74, 6) is -0.918. The number of hydrogen-bond acceptors (Lipinski definition) is 1. The number of aromatic carboxylic acids is 1. The molecule has 0 aliphatic rings. The van der Waals surface area contributed by atoms with E-state index in [4.69, 9.17) is 16.7 Å². The molecule has 0 unspecified atom stereocenters. The molecule has 0 aliphatic carbocycles. The molecule has 0 aromatic heterocycles. The van der Waals surface area contributed by atoms with Crippen molar-refractivity contribution in [2.45, 2.75) is 20.3 Å². The Morgan fingerprint density at radius 3 is 2.62 bits per heavy atom. The first-order valence-corrected chi connectivity index (χ1v) is 4.46. The summed E-state index contributed by atoms with van der Waals surface area (Å²) in [6.07, 6.45) is 0.708. The lowest BCUT2D eigenvalue weighted by Gasteiger charge is -2.06. The smallest absolute Gasteiger partial charge is 0.336 e. The number of carbonyl (C=O) groups is 1. The molecule has 0 saturated heterocycles. The van der Waals surface area contributed by atoms with Crippen molar-refractivity contribution in [3.8, 4) is 0 Å². The van der Waals surface area contributed by atoms with E-state index in [1.54, 1.807) is 0 Å². The fraction of sp³-hybridized carbons (Fsp3) is 0.300. The minimum atomic E-state index is -0.918. The van der Waals surface area contributed by atoms with Gasteiger partial charge in [-0.1, -0.05) is 24.6 Å². The van der Waals surface area contributed by atoms with Gasteiger partial charge in [-0.2, -0.15) is 0 Å². The van der Waals surface area contributed by atoms with Crippen molar-refractivity contribution in [3.63, 3.8) is 0 Å². The summed E-state index contributed by atoms with van der Waals surface area (Å²) in [6, 6.07) is 3.34. The molecule has 3 heteroatoms. The van der Waals surface area contributed by atoms with E-state index in [2.05, 4.69) is 0 Å². The number of rotatable bonds is 2. The maximum atomic E-state index is 10.8. The third-order valence-electron chi connectivity index (χ3n) is 2.00. The number of aryl methyl sites for hydroxylation is 2. The molecule has 1 N–H and O–H groups in total. The van der Waals surface area contributed by atoms with Crippen LogP contribution in [0.15, 0.2) is 12.1 Å². The van der Waals surface area contributed by atoms with Gasteiger partial charge in [0.1, 0.15) is 0 Å². The van der Waals surface area contributed by atoms with Crippen molar-refractivity contribution < 1.29 is 9.90 Å². The van der Waals surface area contributed by atoms with Gasteiger partial charge in [-0.3, -0.25) is 0 Å². The van der Waals surface area contributed by atoms with Crippen LogP contribution >= 0.6 is 11.6 Å². The third-order valence-corrected chi connectivity index (χ3v) is 2.40. The van der Waals surface area contributed by atoms with Crippen LogP contribution in [-0.2, 0) is 6.42 Å². The Labute approximate surface area is 82.2 Å². The average molecular weight is 199 g/mol. The second-order valence-corrected chi connectivity index (χ2v) is 3.32. The monoisotopic (exact) mass is 198 g/mol. The standard InChI is InChI=1S/C10H11ClO2/c1-3-7-4-6(2)9(11)5-8(7)10(12)13/h4-5H,3H2,1-2H3,(H,12,13). The van der Waals surface area contributed by atoms with Crippen LogP contribution in [0.4, 0.5) is 0 Å². The van der Waals surface area contributed by atoms with Crippen LogP contribution in [-0.4, -0.2) is 11.1 Å². The minimum Gasteiger partial charge on any atom is -0.478 e. The van der Waals surface area contributed by atoms with Crippen molar-refractivity contribution in [1.29, 1.82) is 0 Å². The van der Waals surface area contributed by atoms with Crippen LogP contribution < -0.4 is 0 Å². The van der Waals surface area contributed by atoms with E-state index in [0.29, 0.717) is 17.0 Å². The fourth-order valence-corrected chi connectivity index (χ4v) is 1.40. The maximum Gasteiger partial charge on any atom is 0.336 e. The van der Waals surface area contributed by atoms with E-state index in [0.717, 1.165) is 11.1 Å². The zero-order valence-electron chi connectivity index (χ0n) is 7.60. The molecule has 1 rings (SSSR count). The molecule has 0 bridgehead atoms. The summed E-state index contributed by atoms with van der Waals surface area (Å²) < 4.78 is 0. The average Bonchev–Trinajstić information content (AvgIpc) is 2.08. The van der Waals surface area contributed by atoms with E-state index in [9.17, 15) is 4.79 Å². The van der Waals surface area contributed by atoms with E-state index in [1.165, 1.54) is 6.07 Å². The second-order valence-electron chi connectivity index (χ2n) is 2.92. The van der Waals surface area contributed by atoms with Crippen LogP contribution in [0.2, 0.25) is 5.02 Å². The highest BCUT2D eigenvalue weighted by molar-refractivity contribution is 6.31. The van der Waals surface area contributed by atoms with Crippen LogP contribution in [0.5, 0.6) is 0 Å². The van der Waals surface area contributed by atoms with Gasteiger partial charge in [0.25, 0.3) is 0 Å². The van der Waals surface area contributed by atoms with Gasteiger partial charge < -0.3 is 5.11 Å². The molecule has 0 radical (unpaired) electrons. The van der Waals surface area contributed by atoms with Crippen molar-refractivity contribution in [2.24, 2.45) is 0 Å². The highest BCUT2D eigenvalue weighted by Gasteiger charge is 2.10. The van der Waals surface area contributed by atoms with Crippen LogP contribution in [0.25, 0.3) is 0 Å². The quantitative estimate of drug-likeness (QED) is 0.794. The number of carboxylic acid groups (broad SMARTS) is 1. The summed E-state index contributed by atoms with van der Waals surface area (Å²) >= 11 is 5.82. The Morgan fingerprint density at radius 1 is 1.54 bits per heavy atom. The Morgan fingerprint density at radius 2 is 2.15 bits per heavy atom. The first kappa shape index (κ1) is 10.1. The van der Waals surface area contributed by atoms with Crippen LogP contribution in [0, 0.1) is 6.92 Å². The largest absolute Gasteiger partial charge is 0.478 e. The van der Waals surface area contributed by atoms with Gasteiger partial charge in [-0.15, -0.1) is 0 Å². The Kier molecular flexibility index (Phi) is 2.94.